The Bertz CT molecular complexity index is 586. The number of pyridine rings is 1. The molecule has 3 rings (SSSR count). The van der Waals surface area contributed by atoms with Crippen LogP contribution in [0.1, 0.15) is 18.4 Å². The predicted octanol–water partition coefficient (Wildman–Crippen LogP) is 2.28. The van der Waals surface area contributed by atoms with Crippen LogP contribution in [-0.2, 0) is 6.42 Å². The van der Waals surface area contributed by atoms with Crippen molar-refractivity contribution in [2.75, 3.05) is 11.9 Å². The second kappa shape index (κ2) is 3.67. The van der Waals surface area contributed by atoms with Gasteiger partial charge in [-0.2, -0.15) is 0 Å². The lowest BCUT2D eigenvalue weighted by atomic mass is 10.0. The molecule has 16 heavy (non-hydrogen) atoms. The number of rotatable bonds is 0. The molecule has 0 bridgehead atoms. The van der Waals surface area contributed by atoms with Crippen LogP contribution in [0.5, 0.6) is 0 Å². The summed E-state index contributed by atoms with van der Waals surface area (Å²) >= 11 is 0. The summed E-state index contributed by atoms with van der Waals surface area (Å²) in [6.07, 6.45) is 3.56. The van der Waals surface area contributed by atoms with Gasteiger partial charge in [0.15, 0.2) is 0 Å². The van der Waals surface area contributed by atoms with Gasteiger partial charge in [-0.25, -0.2) is 0 Å². The van der Waals surface area contributed by atoms with E-state index in [1.165, 1.54) is 24.1 Å². The van der Waals surface area contributed by atoms with Gasteiger partial charge in [-0.05, 0) is 48.4 Å². The minimum Gasteiger partial charge on any atom is -0.385 e. The summed E-state index contributed by atoms with van der Waals surface area (Å²) in [4.78, 5) is 14.1. The summed E-state index contributed by atoms with van der Waals surface area (Å²) in [5, 5.41) is 4.53. The molecule has 82 valence electrons. The highest BCUT2D eigenvalue weighted by Crippen LogP contribution is 2.25. The Hall–Kier alpha value is -1.77. The number of hydrogen-bond donors (Lipinski definition) is 2. The van der Waals surface area contributed by atoms with Crippen molar-refractivity contribution in [3.05, 3.63) is 40.2 Å². The Labute approximate surface area is 93.5 Å². The standard InChI is InChI=1S/C13H14N2O/c16-13-5-4-10-7-9-3-1-2-6-14-11(9)8-12(10)15-13/h4-5,7-8,14H,1-3,6H2,(H,15,16). The fourth-order valence-corrected chi connectivity index (χ4v) is 2.28. The van der Waals surface area contributed by atoms with Gasteiger partial charge in [-0.15, -0.1) is 0 Å². The zero-order valence-corrected chi connectivity index (χ0v) is 9.05. The fraction of sp³-hybridized carbons (Fsp3) is 0.308. The number of hydrogen-bond acceptors (Lipinski definition) is 2. The first kappa shape index (κ1) is 9.46. The molecule has 1 aliphatic rings. The monoisotopic (exact) mass is 214 g/mol. The van der Waals surface area contributed by atoms with E-state index < -0.39 is 0 Å². The van der Waals surface area contributed by atoms with E-state index in [1.807, 2.05) is 6.07 Å². The third-order valence-electron chi connectivity index (χ3n) is 3.14. The van der Waals surface area contributed by atoms with E-state index in [1.54, 1.807) is 6.07 Å². The smallest absolute Gasteiger partial charge is 0.248 e. The summed E-state index contributed by atoms with van der Waals surface area (Å²) in [7, 11) is 0. The summed E-state index contributed by atoms with van der Waals surface area (Å²) in [6, 6.07) is 7.70. The molecular weight excluding hydrogens is 200 g/mol. The Morgan fingerprint density at radius 3 is 3.00 bits per heavy atom. The van der Waals surface area contributed by atoms with Crippen LogP contribution in [0.15, 0.2) is 29.1 Å². The second-order valence-electron chi connectivity index (χ2n) is 4.30. The van der Waals surface area contributed by atoms with Gasteiger partial charge in [-0.1, -0.05) is 0 Å². The van der Waals surface area contributed by atoms with E-state index in [0.717, 1.165) is 23.9 Å². The predicted molar refractivity (Wildman–Crippen MR) is 66.0 cm³/mol. The van der Waals surface area contributed by atoms with Crippen LogP contribution in [0.4, 0.5) is 5.69 Å². The molecule has 0 atom stereocenters. The van der Waals surface area contributed by atoms with Crippen molar-refractivity contribution in [2.45, 2.75) is 19.3 Å². The number of H-pyrrole nitrogens is 1. The van der Waals surface area contributed by atoms with Gasteiger partial charge < -0.3 is 10.3 Å². The molecule has 0 saturated carbocycles. The van der Waals surface area contributed by atoms with Crippen molar-refractivity contribution in [3.63, 3.8) is 0 Å². The van der Waals surface area contributed by atoms with Crippen molar-refractivity contribution < 1.29 is 0 Å². The third kappa shape index (κ3) is 1.58. The Kier molecular flexibility index (Phi) is 2.17. The van der Waals surface area contributed by atoms with Crippen LogP contribution in [0.3, 0.4) is 0 Å². The average molecular weight is 214 g/mol. The molecule has 0 unspecified atom stereocenters. The molecule has 2 heterocycles. The van der Waals surface area contributed by atoms with Crippen molar-refractivity contribution in [1.82, 2.24) is 4.98 Å². The number of nitrogens with one attached hydrogen (secondary N) is 2. The molecule has 0 fully saturated rings. The number of aromatic nitrogens is 1. The normalized spacial score (nSPS) is 15.2. The third-order valence-corrected chi connectivity index (χ3v) is 3.14. The van der Waals surface area contributed by atoms with Crippen molar-refractivity contribution in [1.29, 1.82) is 0 Å². The zero-order valence-electron chi connectivity index (χ0n) is 9.05. The van der Waals surface area contributed by atoms with Gasteiger partial charge in [0, 0.05) is 18.3 Å². The summed E-state index contributed by atoms with van der Waals surface area (Å²) < 4.78 is 0. The average Bonchev–Trinajstić information content (AvgIpc) is 2.50. The molecule has 3 nitrogen and oxygen atoms in total. The summed E-state index contributed by atoms with van der Waals surface area (Å²) in [5.74, 6) is 0. The minimum absolute atomic E-state index is 0.0407. The molecule has 0 spiro atoms. The quantitative estimate of drug-likeness (QED) is 0.706. The second-order valence-corrected chi connectivity index (χ2v) is 4.30. The lowest BCUT2D eigenvalue weighted by Crippen LogP contribution is -2.04. The maximum absolute atomic E-state index is 11.2. The first-order valence-electron chi connectivity index (χ1n) is 5.73. The number of benzene rings is 1. The summed E-state index contributed by atoms with van der Waals surface area (Å²) in [6.45, 7) is 1.02. The molecule has 1 aromatic carbocycles. The Morgan fingerprint density at radius 1 is 1.12 bits per heavy atom. The molecule has 2 N–H and O–H groups in total. The van der Waals surface area contributed by atoms with Crippen LogP contribution in [-0.4, -0.2) is 11.5 Å². The maximum atomic E-state index is 11.2. The lowest BCUT2D eigenvalue weighted by Gasteiger charge is -2.09. The first-order valence-corrected chi connectivity index (χ1v) is 5.73. The van der Waals surface area contributed by atoms with E-state index in [0.29, 0.717) is 0 Å². The van der Waals surface area contributed by atoms with Crippen LogP contribution < -0.4 is 10.9 Å². The zero-order chi connectivity index (χ0) is 11.0. The van der Waals surface area contributed by atoms with Gasteiger partial charge in [0.1, 0.15) is 0 Å². The fourth-order valence-electron chi connectivity index (χ4n) is 2.28. The van der Waals surface area contributed by atoms with Gasteiger partial charge in [0.25, 0.3) is 0 Å². The Morgan fingerprint density at radius 2 is 2.06 bits per heavy atom. The molecule has 1 aliphatic heterocycles. The van der Waals surface area contributed by atoms with Gasteiger partial charge in [-0.3, -0.25) is 4.79 Å². The largest absolute Gasteiger partial charge is 0.385 e. The van der Waals surface area contributed by atoms with Gasteiger partial charge in [0.2, 0.25) is 5.56 Å². The highest BCUT2D eigenvalue weighted by molar-refractivity contribution is 5.84. The number of anilines is 1. The van der Waals surface area contributed by atoms with E-state index >= 15 is 0 Å². The van der Waals surface area contributed by atoms with Crippen molar-refractivity contribution in [2.24, 2.45) is 0 Å². The SMILES string of the molecule is O=c1ccc2cc3c(cc2[nH]1)NCCCC3. The highest BCUT2D eigenvalue weighted by Gasteiger charge is 2.08. The molecule has 0 amide bonds. The van der Waals surface area contributed by atoms with Crippen LogP contribution in [0.2, 0.25) is 0 Å². The topological polar surface area (TPSA) is 44.9 Å². The lowest BCUT2D eigenvalue weighted by molar-refractivity contribution is 0.786. The van der Waals surface area contributed by atoms with Gasteiger partial charge >= 0.3 is 0 Å². The Balaban J connectivity index is 2.24. The van der Waals surface area contributed by atoms with Crippen LogP contribution >= 0.6 is 0 Å². The molecule has 3 heteroatoms. The molecule has 1 aromatic heterocycles. The van der Waals surface area contributed by atoms with Gasteiger partial charge in [0.05, 0.1) is 5.52 Å². The molecule has 0 aliphatic carbocycles. The van der Waals surface area contributed by atoms with E-state index in [9.17, 15) is 4.79 Å². The molecule has 0 radical (unpaired) electrons. The number of aromatic amines is 1. The number of fused-ring (bicyclic) bond motifs is 2. The summed E-state index contributed by atoms with van der Waals surface area (Å²) in [5.41, 5.74) is 3.41. The van der Waals surface area contributed by atoms with E-state index in [-0.39, 0.29) is 5.56 Å². The molecule has 0 saturated heterocycles. The molecule has 2 aromatic rings. The van der Waals surface area contributed by atoms with Crippen molar-refractivity contribution >= 4 is 16.6 Å². The first-order chi connectivity index (χ1) is 7.83. The highest BCUT2D eigenvalue weighted by atomic mass is 16.1. The molecular formula is C13H14N2O. The van der Waals surface area contributed by atoms with E-state index in [2.05, 4.69) is 22.4 Å². The number of aryl methyl sites for hydroxylation is 1. The van der Waals surface area contributed by atoms with Crippen LogP contribution in [0, 0.1) is 0 Å². The van der Waals surface area contributed by atoms with E-state index in [4.69, 9.17) is 0 Å². The van der Waals surface area contributed by atoms with Crippen LogP contribution in [0.25, 0.3) is 10.9 Å². The van der Waals surface area contributed by atoms with Crippen molar-refractivity contribution in [3.8, 4) is 0 Å². The maximum Gasteiger partial charge on any atom is 0.248 e. The minimum atomic E-state index is -0.0407.